The van der Waals surface area contributed by atoms with E-state index in [-0.39, 0.29) is 22.8 Å². The van der Waals surface area contributed by atoms with Crippen molar-refractivity contribution in [1.29, 1.82) is 0 Å². The van der Waals surface area contributed by atoms with Crippen molar-refractivity contribution >= 4 is 25.8 Å². The Bertz CT molecular complexity index is 769. The number of rotatable bonds is 4. The lowest BCUT2D eigenvalue weighted by molar-refractivity contribution is -0.140. The van der Waals surface area contributed by atoms with E-state index in [0.29, 0.717) is 6.42 Å². The predicted octanol–water partition coefficient (Wildman–Crippen LogP) is 0.328. The molecule has 0 spiro atoms. The lowest BCUT2D eigenvalue weighted by Crippen LogP contribution is -2.40. The van der Waals surface area contributed by atoms with Gasteiger partial charge in [-0.1, -0.05) is 6.07 Å². The van der Waals surface area contributed by atoms with Gasteiger partial charge in [0.1, 0.15) is 6.04 Å². The SMILES string of the molecule is CS(=O)(=O)c1cccc(S(=O)(=O)N2CCCC2C(=O)O)c1. The number of sulfone groups is 1. The van der Waals surface area contributed by atoms with Crippen molar-refractivity contribution in [3.05, 3.63) is 24.3 Å². The quantitative estimate of drug-likeness (QED) is 0.850. The van der Waals surface area contributed by atoms with E-state index in [2.05, 4.69) is 0 Å². The van der Waals surface area contributed by atoms with Gasteiger partial charge in [-0.2, -0.15) is 4.31 Å². The summed E-state index contributed by atoms with van der Waals surface area (Å²) < 4.78 is 48.9. The number of carbonyl (C=O) groups is 1. The molecule has 2 rings (SSSR count). The van der Waals surface area contributed by atoms with Crippen LogP contribution in [0, 0.1) is 0 Å². The van der Waals surface area contributed by atoms with Crippen LogP contribution in [0.4, 0.5) is 0 Å². The van der Waals surface area contributed by atoms with Crippen LogP contribution in [0.25, 0.3) is 0 Å². The average Bonchev–Trinajstić information content (AvgIpc) is 2.88. The number of aliphatic carboxylic acids is 1. The lowest BCUT2D eigenvalue weighted by Gasteiger charge is -2.21. The molecule has 1 fully saturated rings. The Labute approximate surface area is 123 Å². The number of hydrogen-bond donors (Lipinski definition) is 1. The Balaban J connectivity index is 2.48. The molecule has 1 aliphatic rings. The van der Waals surface area contributed by atoms with Gasteiger partial charge in [-0.05, 0) is 31.0 Å². The Morgan fingerprint density at radius 1 is 1.24 bits per heavy atom. The summed E-state index contributed by atoms with van der Waals surface area (Å²) in [6.07, 6.45) is 1.69. The highest BCUT2D eigenvalue weighted by Gasteiger charge is 2.39. The first-order valence-corrected chi connectivity index (χ1v) is 9.52. The van der Waals surface area contributed by atoms with Crippen LogP contribution >= 0.6 is 0 Å². The summed E-state index contributed by atoms with van der Waals surface area (Å²) in [4.78, 5) is 10.8. The number of benzene rings is 1. The van der Waals surface area contributed by atoms with Gasteiger partial charge in [-0.25, -0.2) is 16.8 Å². The zero-order valence-electron chi connectivity index (χ0n) is 11.3. The number of hydrogen-bond acceptors (Lipinski definition) is 5. The zero-order valence-corrected chi connectivity index (χ0v) is 12.9. The molecular formula is C12H15NO6S2. The van der Waals surface area contributed by atoms with Gasteiger partial charge in [0.2, 0.25) is 10.0 Å². The average molecular weight is 333 g/mol. The summed E-state index contributed by atoms with van der Waals surface area (Å²) in [6.45, 7) is 0.113. The van der Waals surface area contributed by atoms with Crippen LogP contribution in [0.2, 0.25) is 0 Å². The van der Waals surface area contributed by atoms with Gasteiger partial charge < -0.3 is 5.11 Å². The summed E-state index contributed by atoms with van der Waals surface area (Å²) in [5, 5.41) is 9.08. The maximum Gasteiger partial charge on any atom is 0.322 e. The fourth-order valence-electron chi connectivity index (χ4n) is 2.28. The van der Waals surface area contributed by atoms with E-state index >= 15 is 0 Å². The largest absolute Gasteiger partial charge is 0.480 e. The molecule has 1 atom stereocenters. The molecule has 1 aliphatic heterocycles. The zero-order chi connectivity index (χ0) is 15.8. The second-order valence-electron chi connectivity index (χ2n) is 4.86. The monoisotopic (exact) mass is 333 g/mol. The molecule has 0 amide bonds. The molecule has 1 N–H and O–H groups in total. The molecule has 7 nitrogen and oxygen atoms in total. The van der Waals surface area contributed by atoms with Gasteiger partial charge in [-0.3, -0.25) is 4.79 Å². The molecule has 21 heavy (non-hydrogen) atoms. The van der Waals surface area contributed by atoms with Gasteiger partial charge in [0.15, 0.2) is 9.84 Å². The van der Waals surface area contributed by atoms with Gasteiger partial charge >= 0.3 is 5.97 Å². The smallest absolute Gasteiger partial charge is 0.322 e. The van der Waals surface area contributed by atoms with E-state index in [1.807, 2.05) is 0 Å². The van der Waals surface area contributed by atoms with Crippen molar-refractivity contribution in [3.63, 3.8) is 0 Å². The van der Waals surface area contributed by atoms with Crippen molar-refractivity contribution in [1.82, 2.24) is 4.31 Å². The minimum absolute atomic E-state index is 0.113. The van der Waals surface area contributed by atoms with Crippen LogP contribution in [0.1, 0.15) is 12.8 Å². The third kappa shape index (κ3) is 3.09. The van der Waals surface area contributed by atoms with Gasteiger partial charge in [0, 0.05) is 12.8 Å². The van der Waals surface area contributed by atoms with Crippen molar-refractivity contribution in [2.24, 2.45) is 0 Å². The third-order valence-corrected chi connectivity index (χ3v) is 6.34. The second kappa shape index (κ2) is 5.39. The maximum atomic E-state index is 12.5. The molecule has 1 saturated heterocycles. The van der Waals surface area contributed by atoms with Gasteiger partial charge in [0.05, 0.1) is 9.79 Å². The van der Waals surface area contributed by atoms with Gasteiger partial charge in [0.25, 0.3) is 0 Å². The normalized spacial score (nSPS) is 20.5. The molecule has 0 saturated carbocycles. The van der Waals surface area contributed by atoms with Gasteiger partial charge in [-0.15, -0.1) is 0 Å². The summed E-state index contributed by atoms with van der Waals surface area (Å²) in [5.41, 5.74) is 0. The third-order valence-electron chi connectivity index (χ3n) is 3.33. The van der Waals surface area contributed by atoms with Crippen LogP contribution in [-0.2, 0) is 24.7 Å². The Hall–Kier alpha value is -1.45. The Kier molecular flexibility index (Phi) is 4.09. The highest BCUT2D eigenvalue weighted by molar-refractivity contribution is 7.91. The van der Waals surface area contributed by atoms with E-state index < -0.39 is 31.9 Å². The number of sulfonamides is 1. The van der Waals surface area contributed by atoms with E-state index in [1.165, 1.54) is 18.2 Å². The van der Waals surface area contributed by atoms with E-state index in [1.54, 1.807) is 0 Å². The van der Waals surface area contributed by atoms with E-state index in [0.717, 1.165) is 16.6 Å². The molecule has 0 bridgehead atoms. The molecular weight excluding hydrogens is 318 g/mol. The molecule has 0 radical (unpaired) electrons. The number of carboxylic acids is 1. The highest BCUT2D eigenvalue weighted by atomic mass is 32.2. The van der Waals surface area contributed by atoms with E-state index in [9.17, 15) is 21.6 Å². The number of nitrogens with zero attached hydrogens (tertiary/aromatic N) is 1. The fourth-order valence-corrected chi connectivity index (χ4v) is 4.71. The first-order valence-electron chi connectivity index (χ1n) is 6.19. The first-order chi connectivity index (χ1) is 9.64. The van der Waals surface area contributed by atoms with Crippen LogP contribution < -0.4 is 0 Å². The number of carboxylic acid groups (broad SMARTS) is 1. The maximum absolute atomic E-state index is 12.5. The van der Waals surface area contributed by atoms with Crippen molar-refractivity contribution in [2.75, 3.05) is 12.8 Å². The Morgan fingerprint density at radius 2 is 1.86 bits per heavy atom. The standard InChI is InChI=1S/C12H15NO6S2/c1-20(16,17)9-4-2-5-10(8-9)21(18,19)13-7-3-6-11(13)12(14)15/h2,4-5,8,11H,3,6-7H2,1H3,(H,14,15). The molecule has 9 heteroatoms. The first kappa shape index (κ1) is 15.9. The molecule has 1 aromatic carbocycles. The van der Waals surface area contributed by atoms with Crippen LogP contribution in [0.3, 0.4) is 0 Å². The molecule has 1 heterocycles. The van der Waals surface area contributed by atoms with E-state index in [4.69, 9.17) is 5.11 Å². The molecule has 116 valence electrons. The van der Waals surface area contributed by atoms with Crippen LogP contribution in [0.5, 0.6) is 0 Å². The molecule has 0 aliphatic carbocycles. The van der Waals surface area contributed by atoms with Crippen molar-refractivity contribution < 1.29 is 26.7 Å². The summed E-state index contributed by atoms with van der Waals surface area (Å²) >= 11 is 0. The van der Waals surface area contributed by atoms with Crippen LogP contribution in [-0.4, -0.2) is 51.1 Å². The molecule has 0 aromatic heterocycles. The minimum atomic E-state index is -4.03. The topological polar surface area (TPSA) is 109 Å². The predicted molar refractivity (Wildman–Crippen MR) is 74.1 cm³/mol. The molecule has 1 unspecified atom stereocenters. The Morgan fingerprint density at radius 3 is 2.43 bits per heavy atom. The lowest BCUT2D eigenvalue weighted by atomic mass is 10.2. The minimum Gasteiger partial charge on any atom is -0.480 e. The summed E-state index contributed by atoms with van der Waals surface area (Å²) in [7, 11) is -7.57. The van der Waals surface area contributed by atoms with Crippen molar-refractivity contribution in [2.45, 2.75) is 28.7 Å². The van der Waals surface area contributed by atoms with Crippen LogP contribution in [0.15, 0.2) is 34.1 Å². The van der Waals surface area contributed by atoms with Crippen molar-refractivity contribution in [3.8, 4) is 0 Å². The fraction of sp³-hybridized carbons (Fsp3) is 0.417. The second-order valence-corrected chi connectivity index (χ2v) is 8.77. The molecule has 1 aromatic rings. The highest BCUT2D eigenvalue weighted by Crippen LogP contribution is 2.27. The summed E-state index contributed by atoms with van der Waals surface area (Å²) in [5.74, 6) is -1.20. The summed E-state index contributed by atoms with van der Waals surface area (Å²) in [6, 6.07) is 3.85.